The van der Waals surface area contributed by atoms with E-state index in [0.717, 1.165) is 16.2 Å². The van der Waals surface area contributed by atoms with Crippen molar-refractivity contribution in [1.29, 1.82) is 0 Å². The number of rotatable bonds is 13. The number of phenols is 2. The number of halogens is 1. The van der Waals surface area contributed by atoms with Crippen molar-refractivity contribution in [2.75, 3.05) is 25.1 Å². The highest BCUT2D eigenvalue weighted by molar-refractivity contribution is 9.10. The Kier molecular flexibility index (Phi) is 10.7. The van der Waals surface area contributed by atoms with E-state index < -0.39 is 63.9 Å². The first-order chi connectivity index (χ1) is 22.1. The number of carbonyl (C=O) groups excluding carboxylic acids is 3. The number of ether oxygens (including phenoxy) is 1. The van der Waals surface area contributed by atoms with E-state index in [1.54, 1.807) is 0 Å². The molecule has 20 heteroatoms. The summed E-state index contributed by atoms with van der Waals surface area (Å²) < 4.78 is 4.81. The second kappa shape index (κ2) is 14.2. The van der Waals surface area contributed by atoms with Gasteiger partial charge in [-0.3, -0.25) is 19.3 Å². The van der Waals surface area contributed by atoms with Crippen LogP contribution in [0.5, 0.6) is 11.5 Å². The molecule has 1 unspecified atom stereocenters. The number of thiazole rings is 1. The first-order valence-electron chi connectivity index (χ1n) is 13.5. The van der Waals surface area contributed by atoms with Gasteiger partial charge in [-0.1, -0.05) is 5.16 Å². The summed E-state index contributed by atoms with van der Waals surface area (Å²) in [5.74, 6) is -5.67. The quantitative estimate of drug-likeness (QED) is 0.0488. The molecule has 2 aliphatic rings. The Morgan fingerprint density at radius 3 is 2.53 bits per heavy atom. The summed E-state index contributed by atoms with van der Waals surface area (Å²) >= 11 is 5.37. The van der Waals surface area contributed by atoms with Crippen molar-refractivity contribution in [1.82, 2.24) is 20.5 Å². The Balaban J connectivity index is 1.50. The number of nitrogens with two attached hydrogens (primary N) is 1. The summed E-state index contributed by atoms with van der Waals surface area (Å²) in [5, 5.41) is 49.6. The van der Waals surface area contributed by atoms with Crippen molar-refractivity contribution < 1.29 is 54.0 Å². The molecule has 8 N–H and O–H groups in total. The molecule has 0 saturated carbocycles. The number of methoxy groups -OCH3 is 1. The lowest BCUT2D eigenvalue weighted by atomic mass is 10.0. The third-order valence-electron chi connectivity index (χ3n) is 7.01. The predicted octanol–water partition coefficient (Wildman–Crippen LogP) is 0.727. The molecule has 17 nitrogen and oxygen atoms in total. The van der Waals surface area contributed by atoms with E-state index in [2.05, 4.69) is 36.7 Å². The SMILES string of the molecule is COC(=O)Cc1c(CNCC2=C(C(=O)O)N3C(=O)C(NC(=O)/C(=N\OC(C)(C)C(=O)O)c4csc(N)n4)[C@H]3SC2)cc(O)c(O)c1Br. The molecule has 2 aliphatic heterocycles. The van der Waals surface area contributed by atoms with Gasteiger partial charge < -0.3 is 46.4 Å². The van der Waals surface area contributed by atoms with E-state index in [1.165, 1.54) is 44.2 Å². The van der Waals surface area contributed by atoms with Crippen molar-refractivity contribution in [3.8, 4) is 11.5 Å². The number of esters is 1. The minimum absolute atomic E-state index is 0.00215. The van der Waals surface area contributed by atoms with Gasteiger partial charge in [-0.15, -0.1) is 23.1 Å². The van der Waals surface area contributed by atoms with Gasteiger partial charge in [0.25, 0.3) is 11.8 Å². The van der Waals surface area contributed by atoms with Crippen LogP contribution in [0.25, 0.3) is 0 Å². The number of fused-ring (bicyclic) bond motifs is 1. The zero-order valence-electron chi connectivity index (χ0n) is 24.9. The number of benzene rings is 1. The van der Waals surface area contributed by atoms with Crippen molar-refractivity contribution in [2.24, 2.45) is 5.16 Å². The number of anilines is 1. The summed E-state index contributed by atoms with van der Waals surface area (Å²) in [6.45, 7) is 2.48. The average molecular weight is 758 g/mol. The standard InChI is InChI=1S/C27H29BrN6O11S2/c1-27(2,25(42)43)45-33-17(13-9-47-26(29)31-13)21(38)32-18-22(39)34-19(24(40)41)11(8-46-23(18)34)7-30-6-10-4-14(35)20(37)16(28)12(10)5-15(36)44-3/h4,9,18,23,30,35,37H,5-8H2,1-3H3,(H2,29,31)(H,32,38)(H,40,41)(H,42,43)/b33-17-/t18?,23-/m1/s1. The number of aliphatic carboxylic acids is 2. The first-order valence-corrected chi connectivity index (χ1v) is 16.2. The summed E-state index contributed by atoms with van der Waals surface area (Å²) in [7, 11) is 1.20. The van der Waals surface area contributed by atoms with E-state index >= 15 is 0 Å². The molecule has 2 aromatic rings. The van der Waals surface area contributed by atoms with Gasteiger partial charge in [0.15, 0.2) is 22.3 Å². The van der Waals surface area contributed by atoms with Crippen LogP contribution in [-0.4, -0.2) is 102 Å². The van der Waals surface area contributed by atoms with Gasteiger partial charge in [0.1, 0.15) is 22.8 Å². The van der Waals surface area contributed by atoms with Gasteiger partial charge in [0, 0.05) is 24.2 Å². The van der Waals surface area contributed by atoms with E-state index in [1.807, 2.05) is 0 Å². The highest BCUT2D eigenvalue weighted by Gasteiger charge is 2.54. The number of β-lactam (4-membered cyclic amide) rings is 1. The molecular weight excluding hydrogens is 728 g/mol. The largest absolute Gasteiger partial charge is 0.504 e. The molecule has 0 spiro atoms. The predicted molar refractivity (Wildman–Crippen MR) is 170 cm³/mol. The lowest BCUT2D eigenvalue weighted by molar-refractivity contribution is -0.161. The summed E-state index contributed by atoms with van der Waals surface area (Å²) in [6, 6.07) is 0.115. The number of amides is 2. The molecule has 1 fully saturated rings. The number of oxime groups is 1. The number of thioether (sulfide) groups is 1. The highest BCUT2D eigenvalue weighted by atomic mass is 79.9. The molecule has 2 amide bonds. The monoisotopic (exact) mass is 756 g/mol. The number of carboxylic acid groups (broad SMARTS) is 2. The Morgan fingerprint density at radius 1 is 1.23 bits per heavy atom. The van der Waals surface area contributed by atoms with Crippen LogP contribution in [0.15, 0.2) is 32.3 Å². The number of aromatic nitrogens is 1. The third-order valence-corrected chi connectivity index (χ3v) is 9.88. The second-order valence-electron chi connectivity index (χ2n) is 10.6. The second-order valence-corrected chi connectivity index (χ2v) is 13.4. The van der Waals surface area contributed by atoms with Gasteiger partial charge in [0.2, 0.25) is 5.60 Å². The Hall–Kier alpha value is -4.40. The van der Waals surface area contributed by atoms with Gasteiger partial charge in [-0.2, -0.15) is 0 Å². The minimum atomic E-state index is -1.80. The van der Waals surface area contributed by atoms with Crippen LogP contribution in [0.2, 0.25) is 0 Å². The number of carbonyl (C=O) groups is 5. The fourth-order valence-electron chi connectivity index (χ4n) is 4.46. The van der Waals surface area contributed by atoms with E-state index in [9.17, 15) is 44.4 Å². The molecule has 0 radical (unpaired) electrons. The van der Waals surface area contributed by atoms with Crippen molar-refractivity contribution in [2.45, 2.75) is 43.8 Å². The maximum Gasteiger partial charge on any atom is 0.352 e. The van der Waals surface area contributed by atoms with Gasteiger partial charge >= 0.3 is 17.9 Å². The van der Waals surface area contributed by atoms with Crippen molar-refractivity contribution in [3.63, 3.8) is 0 Å². The molecule has 252 valence electrons. The molecule has 1 aromatic carbocycles. The molecule has 3 heterocycles. The molecule has 1 aromatic heterocycles. The lowest BCUT2D eigenvalue weighted by Gasteiger charge is -2.49. The van der Waals surface area contributed by atoms with Crippen LogP contribution in [0.1, 0.15) is 30.7 Å². The number of hydrogen-bond donors (Lipinski definition) is 7. The maximum atomic E-state index is 13.3. The Morgan fingerprint density at radius 2 is 1.94 bits per heavy atom. The van der Waals surface area contributed by atoms with Gasteiger partial charge in [-0.05, 0) is 52.5 Å². The number of nitrogen functional groups attached to an aromatic ring is 1. The van der Waals surface area contributed by atoms with E-state index in [0.29, 0.717) is 16.7 Å². The molecule has 0 aliphatic carbocycles. The highest BCUT2D eigenvalue weighted by Crippen LogP contribution is 2.41. The molecule has 0 bridgehead atoms. The molecule has 4 rings (SSSR count). The zero-order valence-corrected chi connectivity index (χ0v) is 28.1. The number of carboxylic acids is 2. The third kappa shape index (κ3) is 7.45. The number of nitrogens with zero attached hydrogens (tertiary/aromatic N) is 3. The summed E-state index contributed by atoms with van der Waals surface area (Å²) in [5.41, 5.74) is 4.29. The Bertz CT molecular complexity index is 1710. The number of aromatic hydroxyl groups is 2. The molecular formula is C27H29BrN6O11S2. The Labute approximate surface area is 282 Å². The van der Waals surface area contributed by atoms with Crippen LogP contribution in [0, 0.1) is 0 Å². The maximum absolute atomic E-state index is 13.3. The van der Waals surface area contributed by atoms with Crippen molar-refractivity contribution in [3.05, 3.63) is 44.0 Å². The van der Waals surface area contributed by atoms with Gasteiger partial charge in [0.05, 0.1) is 18.0 Å². The lowest BCUT2D eigenvalue weighted by Crippen LogP contribution is -2.71. The number of phenolic OH excluding ortho intramolecular Hbond substituents is 2. The smallest absolute Gasteiger partial charge is 0.352 e. The van der Waals surface area contributed by atoms with Crippen LogP contribution in [-0.2, 0) is 46.5 Å². The first kappa shape index (κ1) is 35.5. The molecule has 2 atom stereocenters. The average Bonchev–Trinajstić information content (AvgIpc) is 3.45. The van der Waals surface area contributed by atoms with Crippen LogP contribution >= 0.6 is 39.0 Å². The van der Waals surface area contributed by atoms with Gasteiger partial charge in [-0.25, -0.2) is 14.6 Å². The summed E-state index contributed by atoms with van der Waals surface area (Å²) in [4.78, 5) is 72.4. The molecule has 47 heavy (non-hydrogen) atoms. The fourth-order valence-corrected chi connectivity index (χ4v) is 6.95. The normalized spacial score (nSPS) is 17.9. The summed E-state index contributed by atoms with van der Waals surface area (Å²) in [6.07, 6.45) is -0.219. The van der Waals surface area contributed by atoms with Crippen LogP contribution < -0.4 is 16.4 Å². The van der Waals surface area contributed by atoms with Crippen LogP contribution in [0.4, 0.5) is 5.13 Å². The van der Waals surface area contributed by atoms with Crippen LogP contribution in [0.3, 0.4) is 0 Å². The number of hydrogen-bond acceptors (Lipinski definition) is 15. The zero-order chi connectivity index (χ0) is 34.8. The minimum Gasteiger partial charge on any atom is -0.504 e. The fraction of sp³-hybridized carbons (Fsp3) is 0.370. The number of nitrogens with one attached hydrogen (secondary N) is 2. The van der Waals surface area contributed by atoms with E-state index in [-0.39, 0.29) is 46.3 Å². The van der Waals surface area contributed by atoms with E-state index in [4.69, 9.17) is 15.3 Å². The van der Waals surface area contributed by atoms with Crippen molar-refractivity contribution >= 4 is 79.6 Å². The molecule has 1 saturated heterocycles. The topological polar surface area (TPSA) is 263 Å².